The Hall–Kier alpha value is -0.680. The highest BCUT2D eigenvalue weighted by Crippen LogP contribution is 2.33. The number of carbonyl (C=O) groups is 1. The van der Waals surface area contributed by atoms with Gasteiger partial charge in [0.25, 0.3) is 0 Å². The van der Waals surface area contributed by atoms with E-state index >= 15 is 0 Å². The highest BCUT2D eigenvalue weighted by molar-refractivity contribution is 7.51. The molecule has 0 heterocycles. The van der Waals surface area contributed by atoms with Crippen LogP contribution in [0.3, 0.4) is 0 Å². The predicted octanol–water partition coefficient (Wildman–Crippen LogP) is 0.000800. The fourth-order valence-corrected chi connectivity index (χ4v) is 1.12. The zero-order valence-electron chi connectivity index (χ0n) is 8.50. The van der Waals surface area contributed by atoms with Crippen molar-refractivity contribution in [2.24, 2.45) is 5.73 Å². The van der Waals surface area contributed by atoms with Gasteiger partial charge in [0, 0.05) is 0 Å². The van der Waals surface area contributed by atoms with Gasteiger partial charge in [0.1, 0.15) is 6.04 Å². The molecule has 1 unspecified atom stereocenters. The van der Waals surface area contributed by atoms with Gasteiger partial charge < -0.3 is 20.3 Å². The number of rotatable bonds is 6. The van der Waals surface area contributed by atoms with Gasteiger partial charge in [0.05, 0.1) is 12.8 Å². The Balaban J connectivity index is 3.96. The zero-order chi connectivity index (χ0) is 11.9. The quantitative estimate of drug-likeness (QED) is 0.341. The molecule has 0 aromatic carbocycles. The minimum atomic E-state index is -4.07. The Labute approximate surface area is 88.3 Å². The number of esters is 1. The van der Waals surface area contributed by atoms with Gasteiger partial charge in [-0.15, -0.1) is 0 Å². The van der Waals surface area contributed by atoms with E-state index in [0.717, 1.165) is 0 Å². The first-order valence-electron chi connectivity index (χ1n) is 4.50. The normalized spacial score (nSPS) is 14.1. The maximum Gasteiger partial charge on any atom is 0.329 e. The van der Waals surface area contributed by atoms with Crippen molar-refractivity contribution in [3.05, 3.63) is 12.2 Å². The molecule has 6 nitrogen and oxygen atoms in total. The second-order valence-electron chi connectivity index (χ2n) is 2.97. The Morgan fingerprint density at radius 2 is 2.20 bits per heavy atom. The van der Waals surface area contributed by atoms with Crippen molar-refractivity contribution in [1.82, 2.24) is 0 Å². The Kier molecular flexibility index (Phi) is 6.43. The van der Waals surface area contributed by atoms with Crippen LogP contribution >= 0.6 is 7.60 Å². The lowest BCUT2D eigenvalue weighted by Crippen LogP contribution is -2.30. The topological polar surface area (TPSA) is 110 Å². The monoisotopic (exact) mass is 237 g/mol. The van der Waals surface area contributed by atoms with Crippen molar-refractivity contribution in [2.75, 3.05) is 12.8 Å². The van der Waals surface area contributed by atoms with E-state index in [4.69, 9.17) is 20.3 Å². The van der Waals surface area contributed by atoms with E-state index in [0.29, 0.717) is 13.0 Å². The van der Waals surface area contributed by atoms with Crippen LogP contribution in [-0.2, 0) is 14.1 Å². The van der Waals surface area contributed by atoms with Gasteiger partial charge in [0.2, 0.25) is 0 Å². The molecule has 0 saturated heterocycles. The Morgan fingerprint density at radius 1 is 1.60 bits per heavy atom. The molecule has 0 aliphatic heterocycles. The molecule has 88 valence electrons. The molecule has 4 N–H and O–H groups in total. The average Bonchev–Trinajstić information content (AvgIpc) is 2.11. The van der Waals surface area contributed by atoms with Crippen LogP contribution in [0.5, 0.6) is 0 Å². The van der Waals surface area contributed by atoms with Crippen molar-refractivity contribution in [2.45, 2.75) is 19.4 Å². The summed E-state index contributed by atoms with van der Waals surface area (Å²) in [6.45, 7) is 2.14. The smallest absolute Gasteiger partial charge is 0.329 e. The maximum absolute atomic E-state index is 11.1. The number of hydrogen-bond donors (Lipinski definition) is 3. The molecule has 0 bridgehead atoms. The van der Waals surface area contributed by atoms with Crippen LogP contribution in [0.1, 0.15) is 13.3 Å². The van der Waals surface area contributed by atoms with Crippen LogP contribution < -0.4 is 5.73 Å². The van der Waals surface area contributed by atoms with E-state index in [9.17, 15) is 9.36 Å². The fraction of sp³-hybridized carbons (Fsp3) is 0.625. The number of allylic oxidation sites excluding steroid dienone is 1. The molecule has 0 amide bonds. The van der Waals surface area contributed by atoms with E-state index in [1.54, 1.807) is 0 Å². The third-order valence-corrected chi connectivity index (χ3v) is 2.09. The number of nitrogens with two attached hydrogens (primary N) is 1. The van der Waals surface area contributed by atoms with Crippen molar-refractivity contribution in [3.8, 4) is 0 Å². The Bertz CT molecular complexity index is 272. The molecule has 1 atom stereocenters. The first-order valence-corrected chi connectivity index (χ1v) is 6.30. The molecule has 0 saturated carbocycles. The lowest BCUT2D eigenvalue weighted by molar-refractivity contribution is -0.143. The molecule has 0 rings (SSSR count). The van der Waals surface area contributed by atoms with Gasteiger partial charge in [-0.1, -0.05) is 19.1 Å². The fourth-order valence-electron chi connectivity index (χ4n) is 0.722. The largest absolute Gasteiger partial charge is 0.464 e. The first kappa shape index (κ1) is 14.3. The number of hydrogen-bond acceptors (Lipinski definition) is 4. The lowest BCUT2D eigenvalue weighted by Gasteiger charge is -2.06. The van der Waals surface area contributed by atoms with Gasteiger partial charge in [0.15, 0.2) is 0 Å². The summed E-state index contributed by atoms with van der Waals surface area (Å²) in [5.41, 5.74) is 5.37. The molecule has 15 heavy (non-hydrogen) atoms. The van der Waals surface area contributed by atoms with Crippen molar-refractivity contribution in [3.63, 3.8) is 0 Å². The van der Waals surface area contributed by atoms with Crippen molar-refractivity contribution in [1.29, 1.82) is 0 Å². The number of ether oxygens (including phenoxy) is 1. The Morgan fingerprint density at radius 3 is 2.67 bits per heavy atom. The highest BCUT2D eigenvalue weighted by atomic mass is 31.2. The van der Waals surface area contributed by atoms with Crippen molar-refractivity contribution >= 4 is 13.6 Å². The van der Waals surface area contributed by atoms with E-state index in [-0.39, 0.29) is 0 Å². The summed E-state index contributed by atoms with van der Waals surface area (Å²) in [5.74, 6) is -0.598. The van der Waals surface area contributed by atoms with E-state index < -0.39 is 25.8 Å². The minimum absolute atomic E-state index is 0.291. The van der Waals surface area contributed by atoms with Crippen LogP contribution in [0.25, 0.3) is 0 Å². The van der Waals surface area contributed by atoms with Gasteiger partial charge in [-0.2, -0.15) is 0 Å². The first-order chi connectivity index (χ1) is 6.87. The molecule has 7 heteroatoms. The van der Waals surface area contributed by atoms with Gasteiger partial charge in [-0.3, -0.25) is 9.36 Å². The summed E-state index contributed by atoms with van der Waals surface area (Å²) in [6, 6.07) is -0.969. The third-order valence-electron chi connectivity index (χ3n) is 1.41. The molecule has 0 aliphatic carbocycles. The standard InChI is InChI=1S/C8H16NO5P/c1-2-5-14-8(10)7(9)4-3-6-15(11,12)13/h3-4,7H,2,5-6,9H2,1H3,(H2,11,12,13)/b4-3+. The van der Waals surface area contributed by atoms with Crippen LogP contribution in [-0.4, -0.2) is 34.6 Å². The predicted molar refractivity (Wildman–Crippen MR) is 55.3 cm³/mol. The van der Waals surface area contributed by atoms with E-state index in [1.165, 1.54) is 12.2 Å². The van der Waals surface area contributed by atoms with Crippen LogP contribution in [0.2, 0.25) is 0 Å². The second-order valence-corrected chi connectivity index (χ2v) is 4.66. The summed E-state index contributed by atoms with van der Waals surface area (Å²) in [6.07, 6.45) is 2.67. The third kappa shape index (κ3) is 8.32. The zero-order valence-corrected chi connectivity index (χ0v) is 9.39. The van der Waals surface area contributed by atoms with Gasteiger partial charge in [-0.05, 0) is 6.42 Å². The molecule has 0 spiro atoms. The summed E-state index contributed by atoms with van der Waals surface area (Å²) in [4.78, 5) is 28.1. The minimum Gasteiger partial charge on any atom is -0.464 e. The molecule has 0 aromatic rings. The van der Waals surface area contributed by atoms with Gasteiger partial charge in [-0.25, -0.2) is 0 Å². The van der Waals surface area contributed by atoms with Crippen LogP contribution in [0, 0.1) is 0 Å². The van der Waals surface area contributed by atoms with Gasteiger partial charge >= 0.3 is 13.6 Å². The molecule has 0 fully saturated rings. The summed E-state index contributed by atoms with van der Waals surface area (Å²) in [7, 11) is -4.07. The lowest BCUT2D eigenvalue weighted by atomic mass is 10.3. The molecule has 0 radical (unpaired) electrons. The van der Waals surface area contributed by atoms with E-state index in [1.807, 2.05) is 6.92 Å². The van der Waals surface area contributed by atoms with Crippen LogP contribution in [0.4, 0.5) is 0 Å². The summed E-state index contributed by atoms with van der Waals surface area (Å²) >= 11 is 0. The maximum atomic E-state index is 11.1. The van der Waals surface area contributed by atoms with Crippen molar-refractivity contribution < 1.29 is 23.9 Å². The molecular formula is C8H16NO5P. The molecule has 0 aliphatic rings. The van der Waals surface area contributed by atoms with Crippen LogP contribution in [0.15, 0.2) is 12.2 Å². The van der Waals surface area contributed by atoms with E-state index in [2.05, 4.69) is 0 Å². The SMILES string of the molecule is CCCOC(=O)C(N)/C=C/CP(=O)(O)O. The second kappa shape index (κ2) is 6.74. The average molecular weight is 237 g/mol. The highest BCUT2D eigenvalue weighted by Gasteiger charge is 2.13. The molecular weight excluding hydrogens is 221 g/mol. The molecule has 0 aromatic heterocycles. The summed E-state index contributed by atoms with van der Waals surface area (Å²) < 4.78 is 15.2. The number of carbonyl (C=O) groups excluding carboxylic acids is 1. The summed E-state index contributed by atoms with van der Waals surface area (Å²) in [5, 5.41) is 0.